The second-order valence-electron chi connectivity index (χ2n) is 6.11. The zero-order valence-corrected chi connectivity index (χ0v) is 14.8. The van der Waals surface area contributed by atoms with Crippen molar-refractivity contribution in [1.82, 2.24) is 0 Å². The van der Waals surface area contributed by atoms with Crippen LogP contribution in [0.3, 0.4) is 0 Å². The van der Waals surface area contributed by atoms with Gasteiger partial charge in [0.1, 0.15) is 24.2 Å². The number of carbonyl (C=O) groups excluding carboxylic acids is 1. The maximum absolute atomic E-state index is 13.6. The molecule has 0 radical (unpaired) electrons. The molecule has 0 bridgehead atoms. The van der Waals surface area contributed by atoms with Gasteiger partial charge in [-0.05, 0) is 31.2 Å². The highest BCUT2D eigenvalue weighted by molar-refractivity contribution is 5.97. The SMILES string of the molecule is [C-]#[N+]c1ccc(NC(=O)[C@](C)(O)COc2ccc(C#N)c(F)c2)cc1C(F)(F)F. The van der Waals surface area contributed by atoms with E-state index in [1.165, 1.54) is 6.07 Å². The fraction of sp³-hybridized carbons (Fsp3) is 0.211. The molecule has 0 aliphatic heterocycles. The van der Waals surface area contributed by atoms with Crippen molar-refractivity contribution in [1.29, 1.82) is 5.26 Å². The summed E-state index contributed by atoms with van der Waals surface area (Å²) in [6.45, 7) is 7.20. The van der Waals surface area contributed by atoms with E-state index in [9.17, 15) is 27.5 Å². The largest absolute Gasteiger partial charge is 0.490 e. The summed E-state index contributed by atoms with van der Waals surface area (Å²) in [4.78, 5) is 15.0. The van der Waals surface area contributed by atoms with Crippen LogP contribution in [0.2, 0.25) is 0 Å². The van der Waals surface area contributed by atoms with E-state index in [-0.39, 0.29) is 17.0 Å². The number of amides is 1. The highest BCUT2D eigenvalue weighted by atomic mass is 19.4. The minimum absolute atomic E-state index is 0.0599. The number of carbonyl (C=O) groups is 1. The van der Waals surface area contributed by atoms with E-state index in [1.54, 1.807) is 6.07 Å². The van der Waals surface area contributed by atoms with Gasteiger partial charge in [0.2, 0.25) is 0 Å². The monoisotopic (exact) mass is 407 g/mol. The van der Waals surface area contributed by atoms with Gasteiger partial charge >= 0.3 is 6.18 Å². The average Bonchev–Trinajstić information content (AvgIpc) is 2.65. The van der Waals surface area contributed by atoms with Crippen LogP contribution in [0.15, 0.2) is 36.4 Å². The minimum Gasteiger partial charge on any atom is -0.490 e. The lowest BCUT2D eigenvalue weighted by atomic mass is 10.1. The van der Waals surface area contributed by atoms with E-state index in [4.69, 9.17) is 16.6 Å². The van der Waals surface area contributed by atoms with Crippen molar-refractivity contribution in [2.24, 2.45) is 0 Å². The first kappa shape index (κ1) is 21.7. The van der Waals surface area contributed by atoms with Crippen molar-refractivity contribution < 1.29 is 32.2 Å². The number of halogens is 4. The van der Waals surface area contributed by atoms with Crippen molar-refractivity contribution >= 4 is 17.3 Å². The van der Waals surface area contributed by atoms with Crippen LogP contribution in [0.4, 0.5) is 28.9 Å². The van der Waals surface area contributed by atoms with Gasteiger partial charge in [-0.1, -0.05) is 6.07 Å². The Bertz CT molecular complexity index is 1020. The van der Waals surface area contributed by atoms with Crippen LogP contribution in [0.1, 0.15) is 18.1 Å². The number of benzene rings is 2. The summed E-state index contributed by atoms with van der Waals surface area (Å²) in [5, 5.41) is 21.0. The molecule has 2 N–H and O–H groups in total. The zero-order chi connectivity index (χ0) is 21.8. The number of rotatable bonds is 5. The predicted molar refractivity (Wildman–Crippen MR) is 93.6 cm³/mol. The normalized spacial score (nSPS) is 13.0. The summed E-state index contributed by atoms with van der Waals surface area (Å²) in [6, 6.07) is 7.49. The molecule has 0 saturated carbocycles. The average molecular weight is 407 g/mol. The third-order valence-electron chi connectivity index (χ3n) is 3.75. The molecule has 1 atom stereocenters. The summed E-state index contributed by atoms with van der Waals surface area (Å²) in [5.74, 6) is -1.99. The van der Waals surface area contributed by atoms with Crippen LogP contribution in [0.25, 0.3) is 4.85 Å². The molecule has 0 unspecified atom stereocenters. The number of nitrogens with one attached hydrogen (secondary N) is 1. The Morgan fingerprint density at radius 2 is 2.00 bits per heavy atom. The molecule has 0 spiro atoms. The predicted octanol–water partition coefficient (Wildman–Crippen LogP) is 4.04. The molecule has 0 saturated heterocycles. The summed E-state index contributed by atoms with van der Waals surface area (Å²) >= 11 is 0. The van der Waals surface area contributed by atoms with E-state index < -0.39 is 41.4 Å². The topological polar surface area (TPSA) is 86.7 Å². The fourth-order valence-electron chi connectivity index (χ4n) is 2.17. The van der Waals surface area contributed by atoms with Crippen LogP contribution in [0, 0.1) is 23.7 Å². The molecular formula is C19H13F4N3O3. The number of hydrogen-bond acceptors (Lipinski definition) is 4. The molecular weight excluding hydrogens is 394 g/mol. The summed E-state index contributed by atoms with van der Waals surface area (Å²) in [6.07, 6.45) is -4.80. The third-order valence-corrected chi connectivity index (χ3v) is 3.75. The smallest absolute Gasteiger partial charge is 0.407 e. The van der Waals surface area contributed by atoms with Crippen molar-refractivity contribution in [2.75, 3.05) is 11.9 Å². The van der Waals surface area contributed by atoms with E-state index in [1.807, 2.05) is 0 Å². The first-order valence-electron chi connectivity index (χ1n) is 7.93. The number of nitriles is 1. The molecule has 0 fully saturated rings. The highest BCUT2D eigenvalue weighted by Crippen LogP contribution is 2.38. The van der Waals surface area contributed by atoms with Gasteiger partial charge in [0.15, 0.2) is 11.3 Å². The van der Waals surface area contributed by atoms with E-state index in [0.29, 0.717) is 6.07 Å². The lowest BCUT2D eigenvalue weighted by Crippen LogP contribution is -2.45. The molecule has 0 aliphatic rings. The minimum atomic E-state index is -4.80. The first-order chi connectivity index (χ1) is 13.5. The van der Waals surface area contributed by atoms with Crippen molar-refractivity contribution in [3.05, 3.63) is 64.8 Å². The molecule has 0 heterocycles. The maximum atomic E-state index is 13.6. The number of anilines is 1. The van der Waals surface area contributed by atoms with Crippen molar-refractivity contribution in [2.45, 2.75) is 18.7 Å². The first-order valence-corrected chi connectivity index (χ1v) is 7.93. The molecule has 150 valence electrons. The van der Waals surface area contributed by atoms with Gasteiger partial charge in [-0.25, -0.2) is 9.24 Å². The van der Waals surface area contributed by atoms with Crippen molar-refractivity contribution in [3.63, 3.8) is 0 Å². The molecule has 10 heteroatoms. The second-order valence-corrected chi connectivity index (χ2v) is 6.11. The van der Waals surface area contributed by atoms with Crippen LogP contribution in [0.5, 0.6) is 5.75 Å². The lowest BCUT2D eigenvalue weighted by molar-refractivity contribution is -0.137. The number of hydrogen-bond donors (Lipinski definition) is 2. The highest BCUT2D eigenvalue weighted by Gasteiger charge is 2.35. The van der Waals surface area contributed by atoms with Crippen LogP contribution in [-0.4, -0.2) is 23.2 Å². The Morgan fingerprint density at radius 3 is 2.55 bits per heavy atom. The molecule has 1 amide bonds. The van der Waals surface area contributed by atoms with Gasteiger partial charge in [0, 0.05) is 11.8 Å². The number of nitrogens with zero attached hydrogens (tertiary/aromatic N) is 2. The summed E-state index contributed by atoms with van der Waals surface area (Å²) in [7, 11) is 0. The molecule has 6 nitrogen and oxygen atoms in total. The quantitative estimate of drug-likeness (QED) is 0.579. The molecule has 2 aromatic rings. The van der Waals surface area contributed by atoms with Gasteiger partial charge in [0.25, 0.3) is 5.91 Å². The third kappa shape index (κ3) is 5.21. The van der Waals surface area contributed by atoms with Gasteiger partial charge in [-0.2, -0.15) is 18.4 Å². The maximum Gasteiger partial charge on any atom is 0.407 e. The Balaban J connectivity index is 2.12. The molecule has 0 aromatic heterocycles. The Morgan fingerprint density at radius 1 is 1.31 bits per heavy atom. The fourth-order valence-corrected chi connectivity index (χ4v) is 2.17. The number of aliphatic hydroxyl groups is 1. The Hall–Kier alpha value is -3.63. The number of alkyl halides is 3. The van der Waals surface area contributed by atoms with Gasteiger partial charge in [-0.15, -0.1) is 0 Å². The zero-order valence-electron chi connectivity index (χ0n) is 14.8. The van der Waals surface area contributed by atoms with Crippen LogP contribution in [-0.2, 0) is 11.0 Å². The Labute approximate surface area is 162 Å². The standard InChI is InChI=1S/C19H13F4N3O3/c1-18(28,10-29-13-5-3-11(9-24)15(20)8-13)17(27)26-12-4-6-16(25-2)14(7-12)19(21,22)23/h3-8,28H,10H2,1H3,(H,26,27)/t18-/m1/s1. The Kier molecular flexibility index (Phi) is 6.10. The molecule has 2 rings (SSSR count). The van der Waals surface area contributed by atoms with Gasteiger partial charge in [-0.3, -0.25) is 4.79 Å². The summed E-state index contributed by atoms with van der Waals surface area (Å²) in [5.41, 5.74) is -4.53. The summed E-state index contributed by atoms with van der Waals surface area (Å²) < 4.78 is 57.7. The van der Waals surface area contributed by atoms with E-state index >= 15 is 0 Å². The number of ether oxygens (including phenoxy) is 1. The van der Waals surface area contributed by atoms with Crippen LogP contribution < -0.4 is 10.1 Å². The van der Waals surface area contributed by atoms with Crippen LogP contribution >= 0.6 is 0 Å². The van der Waals surface area contributed by atoms with Gasteiger partial charge in [0.05, 0.1) is 17.7 Å². The lowest BCUT2D eigenvalue weighted by Gasteiger charge is -2.23. The molecule has 2 aromatic carbocycles. The van der Waals surface area contributed by atoms with Crippen molar-refractivity contribution in [3.8, 4) is 11.8 Å². The van der Waals surface area contributed by atoms with E-state index in [2.05, 4.69) is 10.2 Å². The second kappa shape index (κ2) is 8.17. The van der Waals surface area contributed by atoms with Gasteiger partial charge < -0.3 is 15.2 Å². The van der Waals surface area contributed by atoms with E-state index in [0.717, 1.165) is 31.2 Å². The molecule has 0 aliphatic carbocycles. The molecule has 29 heavy (non-hydrogen) atoms.